The number of ether oxygens (including phenoxy) is 1. The maximum atomic E-state index is 12.1. The molecule has 3 rings (SSSR count). The molecule has 1 amide bonds. The van der Waals surface area contributed by atoms with E-state index >= 15 is 0 Å². The molecule has 0 unspecified atom stereocenters. The first kappa shape index (κ1) is 13.4. The quantitative estimate of drug-likeness (QED) is 0.941. The minimum absolute atomic E-state index is 0.0449. The van der Waals surface area contributed by atoms with Crippen LogP contribution >= 0.6 is 0 Å². The summed E-state index contributed by atoms with van der Waals surface area (Å²) in [6.45, 7) is 0. The van der Waals surface area contributed by atoms with Crippen molar-refractivity contribution in [1.82, 2.24) is 0 Å². The molecule has 1 heterocycles. The fraction of sp³-hybridized carbons (Fsp3) is 0.250. The first-order chi connectivity index (χ1) is 10.2. The van der Waals surface area contributed by atoms with Crippen LogP contribution < -0.4 is 10.1 Å². The van der Waals surface area contributed by atoms with Gasteiger partial charge in [0.05, 0.1) is 12.7 Å². The van der Waals surface area contributed by atoms with Crippen molar-refractivity contribution in [3.8, 4) is 5.75 Å². The van der Waals surface area contributed by atoms with Crippen LogP contribution in [-0.2, 0) is 6.42 Å². The Kier molecular flexibility index (Phi) is 3.48. The monoisotopic (exact) mass is 285 g/mol. The van der Waals surface area contributed by atoms with Gasteiger partial charge in [-0.05, 0) is 30.7 Å². The Morgan fingerprint density at radius 1 is 1.24 bits per heavy atom. The molecule has 0 fully saturated rings. The molecule has 0 bridgehead atoms. The Labute approximate surface area is 121 Å². The van der Waals surface area contributed by atoms with E-state index in [1.807, 2.05) is 0 Å². The zero-order valence-corrected chi connectivity index (χ0v) is 11.6. The smallest absolute Gasteiger partial charge is 0.291 e. The lowest BCUT2D eigenvalue weighted by Crippen LogP contribution is -2.10. The number of ketones is 1. The SMILES string of the molecule is COc1ccc(NC(=O)c2cc3c(o2)CCCC3=O)cc1. The number of furan rings is 1. The minimum atomic E-state index is -0.359. The molecule has 1 aliphatic rings. The summed E-state index contributed by atoms with van der Waals surface area (Å²) in [5.74, 6) is 1.19. The molecule has 0 saturated carbocycles. The minimum Gasteiger partial charge on any atom is -0.497 e. The fourth-order valence-electron chi connectivity index (χ4n) is 2.37. The van der Waals surface area contributed by atoms with Crippen molar-refractivity contribution in [2.45, 2.75) is 19.3 Å². The average Bonchev–Trinajstić information content (AvgIpc) is 2.94. The van der Waals surface area contributed by atoms with E-state index in [2.05, 4.69) is 5.32 Å². The van der Waals surface area contributed by atoms with Crippen LogP contribution in [0.2, 0.25) is 0 Å². The molecule has 21 heavy (non-hydrogen) atoms. The van der Waals surface area contributed by atoms with Gasteiger partial charge >= 0.3 is 0 Å². The van der Waals surface area contributed by atoms with Gasteiger partial charge in [-0.2, -0.15) is 0 Å². The van der Waals surface area contributed by atoms with Gasteiger partial charge in [0.15, 0.2) is 11.5 Å². The molecule has 2 aromatic rings. The predicted octanol–water partition coefficient (Wildman–Crippen LogP) is 3.06. The number of hydrogen-bond acceptors (Lipinski definition) is 4. The van der Waals surface area contributed by atoms with Crippen LogP contribution in [0, 0.1) is 0 Å². The van der Waals surface area contributed by atoms with Gasteiger partial charge < -0.3 is 14.5 Å². The van der Waals surface area contributed by atoms with Crippen LogP contribution in [0.3, 0.4) is 0 Å². The normalized spacial score (nSPS) is 13.7. The van der Waals surface area contributed by atoms with E-state index in [-0.39, 0.29) is 17.5 Å². The lowest BCUT2D eigenvalue weighted by molar-refractivity contribution is 0.0963. The van der Waals surface area contributed by atoms with Gasteiger partial charge in [0, 0.05) is 24.6 Å². The van der Waals surface area contributed by atoms with E-state index in [0.29, 0.717) is 35.6 Å². The van der Waals surface area contributed by atoms with Crippen LogP contribution in [0.1, 0.15) is 39.5 Å². The number of nitrogens with one attached hydrogen (secondary N) is 1. The lowest BCUT2D eigenvalue weighted by atomic mass is 9.97. The summed E-state index contributed by atoms with van der Waals surface area (Å²) >= 11 is 0. The summed E-state index contributed by atoms with van der Waals surface area (Å²) < 4.78 is 10.6. The van der Waals surface area contributed by atoms with Crippen molar-refractivity contribution in [1.29, 1.82) is 0 Å². The number of amides is 1. The predicted molar refractivity (Wildman–Crippen MR) is 76.9 cm³/mol. The van der Waals surface area contributed by atoms with Gasteiger partial charge in [-0.3, -0.25) is 9.59 Å². The number of hydrogen-bond donors (Lipinski definition) is 1. The summed E-state index contributed by atoms with van der Waals surface area (Å²) in [4.78, 5) is 23.9. The number of methoxy groups -OCH3 is 1. The number of aryl methyl sites for hydroxylation is 1. The average molecular weight is 285 g/mol. The summed E-state index contributed by atoms with van der Waals surface area (Å²) in [5, 5.41) is 2.73. The number of anilines is 1. The Balaban J connectivity index is 1.77. The van der Waals surface area contributed by atoms with E-state index in [1.54, 1.807) is 31.4 Å². The first-order valence-electron chi connectivity index (χ1n) is 6.78. The lowest BCUT2D eigenvalue weighted by Gasteiger charge is -2.06. The van der Waals surface area contributed by atoms with Crippen LogP contribution in [0.5, 0.6) is 5.75 Å². The van der Waals surface area contributed by atoms with E-state index < -0.39 is 0 Å². The molecule has 0 aliphatic heterocycles. The van der Waals surface area contributed by atoms with Crippen molar-refractivity contribution < 1.29 is 18.7 Å². The number of carbonyl (C=O) groups is 2. The molecular formula is C16H15NO4. The van der Waals surface area contributed by atoms with Gasteiger partial charge in [0.25, 0.3) is 5.91 Å². The third-order valence-corrected chi connectivity index (χ3v) is 3.49. The van der Waals surface area contributed by atoms with Crippen LogP contribution in [0.15, 0.2) is 34.7 Å². The van der Waals surface area contributed by atoms with Crippen LogP contribution in [-0.4, -0.2) is 18.8 Å². The number of rotatable bonds is 3. The highest BCUT2D eigenvalue weighted by Crippen LogP contribution is 2.25. The topological polar surface area (TPSA) is 68.5 Å². The Hall–Kier alpha value is -2.56. The van der Waals surface area contributed by atoms with Crippen LogP contribution in [0.25, 0.3) is 0 Å². The molecule has 5 heteroatoms. The van der Waals surface area contributed by atoms with Crippen molar-refractivity contribution >= 4 is 17.4 Å². The molecule has 5 nitrogen and oxygen atoms in total. The number of fused-ring (bicyclic) bond motifs is 1. The van der Waals surface area contributed by atoms with Gasteiger partial charge in [-0.25, -0.2) is 0 Å². The second-order valence-corrected chi connectivity index (χ2v) is 4.91. The Morgan fingerprint density at radius 3 is 2.67 bits per heavy atom. The standard InChI is InChI=1S/C16H15NO4/c1-20-11-7-5-10(6-8-11)17-16(19)15-9-12-13(18)3-2-4-14(12)21-15/h5-9H,2-4H2,1H3,(H,17,19). The summed E-state index contributed by atoms with van der Waals surface area (Å²) in [6, 6.07) is 8.53. The Morgan fingerprint density at radius 2 is 2.00 bits per heavy atom. The molecule has 0 saturated heterocycles. The van der Waals surface area contributed by atoms with Crippen molar-refractivity contribution in [2.75, 3.05) is 12.4 Å². The van der Waals surface area contributed by atoms with Crippen LogP contribution in [0.4, 0.5) is 5.69 Å². The Bertz CT molecular complexity index is 685. The highest BCUT2D eigenvalue weighted by molar-refractivity contribution is 6.05. The molecule has 1 aliphatic carbocycles. The number of carbonyl (C=O) groups excluding carboxylic acids is 2. The second kappa shape index (κ2) is 5.44. The second-order valence-electron chi connectivity index (χ2n) is 4.91. The largest absolute Gasteiger partial charge is 0.497 e. The van der Waals surface area contributed by atoms with Gasteiger partial charge in [0.1, 0.15) is 11.5 Å². The molecule has 0 radical (unpaired) electrons. The first-order valence-corrected chi connectivity index (χ1v) is 6.78. The maximum Gasteiger partial charge on any atom is 0.291 e. The summed E-state index contributed by atoms with van der Waals surface area (Å²) in [6.07, 6.45) is 2.00. The van der Waals surface area contributed by atoms with Crippen molar-refractivity contribution in [3.63, 3.8) is 0 Å². The highest BCUT2D eigenvalue weighted by atomic mass is 16.5. The zero-order chi connectivity index (χ0) is 14.8. The van der Waals surface area contributed by atoms with Gasteiger partial charge in [-0.1, -0.05) is 0 Å². The van der Waals surface area contributed by atoms with E-state index in [4.69, 9.17) is 9.15 Å². The molecule has 0 atom stereocenters. The molecule has 0 spiro atoms. The third kappa shape index (κ3) is 2.67. The van der Waals surface area contributed by atoms with E-state index in [1.165, 1.54) is 6.07 Å². The van der Waals surface area contributed by atoms with Gasteiger partial charge in [0.2, 0.25) is 0 Å². The summed E-state index contributed by atoms with van der Waals surface area (Å²) in [7, 11) is 1.58. The van der Waals surface area contributed by atoms with E-state index in [9.17, 15) is 9.59 Å². The fourth-order valence-corrected chi connectivity index (χ4v) is 2.37. The molecular weight excluding hydrogens is 270 g/mol. The molecule has 1 aromatic heterocycles. The summed E-state index contributed by atoms with van der Waals surface area (Å²) in [5.41, 5.74) is 1.18. The third-order valence-electron chi connectivity index (χ3n) is 3.49. The molecule has 1 aromatic carbocycles. The number of benzene rings is 1. The molecule has 1 N–H and O–H groups in total. The zero-order valence-electron chi connectivity index (χ0n) is 11.6. The molecule has 108 valence electrons. The van der Waals surface area contributed by atoms with E-state index in [0.717, 1.165) is 6.42 Å². The van der Waals surface area contributed by atoms with Gasteiger partial charge in [-0.15, -0.1) is 0 Å². The van der Waals surface area contributed by atoms with Crippen molar-refractivity contribution in [2.24, 2.45) is 0 Å². The maximum absolute atomic E-state index is 12.1. The highest BCUT2D eigenvalue weighted by Gasteiger charge is 2.24. The van der Waals surface area contributed by atoms with Crippen molar-refractivity contribution in [3.05, 3.63) is 47.4 Å². The number of Topliss-reactive ketones (excluding diaryl/α,β-unsaturated/α-hetero) is 1.